The molecule has 4 nitrogen and oxygen atoms in total. The summed E-state index contributed by atoms with van der Waals surface area (Å²) in [6.45, 7) is 0. The first kappa shape index (κ1) is 14.2. The fraction of sp³-hybridized carbons (Fsp3) is 0.0588. The Balaban J connectivity index is 1.57. The van der Waals surface area contributed by atoms with Crippen LogP contribution in [-0.2, 0) is 4.74 Å². The van der Waals surface area contributed by atoms with Crippen molar-refractivity contribution in [3.8, 4) is 11.3 Å². The van der Waals surface area contributed by atoms with Gasteiger partial charge in [-0.15, -0.1) is 11.3 Å². The highest BCUT2D eigenvalue weighted by atomic mass is 79.9. The molecule has 0 spiro atoms. The molecule has 1 N–H and O–H groups in total. The highest BCUT2D eigenvalue weighted by Gasteiger charge is 2.31. The summed E-state index contributed by atoms with van der Waals surface area (Å²) in [6, 6.07) is 17.0. The first-order chi connectivity index (χ1) is 11.2. The lowest BCUT2D eigenvalue weighted by Crippen LogP contribution is -2.09. The predicted molar refractivity (Wildman–Crippen MR) is 91.1 cm³/mol. The zero-order valence-electron chi connectivity index (χ0n) is 11.7. The van der Waals surface area contributed by atoms with Crippen LogP contribution in [0.15, 0.2) is 46.3 Å². The Kier molecular flexibility index (Phi) is 3.52. The molecule has 0 aliphatic carbocycles. The number of aromatic nitrogens is 1. The fourth-order valence-corrected chi connectivity index (χ4v) is 3.33. The van der Waals surface area contributed by atoms with Gasteiger partial charge in [-0.2, -0.15) is 0 Å². The van der Waals surface area contributed by atoms with E-state index in [2.05, 4.69) is 38.4 Å². The number of benzene rings is 1. The molecule has 0 unspecified atom stereocenters. The number of anilines is 1. The maximum atomic E-state index is 11.8. The highest BCUT2D eigenvalue weighted by Crippen LogP contribution is 2.33. The summed E-state index contributed by atoms with van der Waals surface area (Å²) in [4.78, 5) is 16.3. The molecule has 1 aliphatic rings. The molecule has 0 saturated carbocycles. The van der Waals surface area contributed by atoms with Crippen LogP contribution in [0.1, 0.15) is 22.1 Å². The molecule has 0 amide bonds. The molecule has 2 heterocycles. The standard InChI is InChI=1S/C17H9BrN2O2S/c18-11-7-5-10(6-8-11)14-9-23-17(19-14)20-15-12-3-1-2-4-13(12)16(21)22-15/h1,3,5-9,15H,(H,19,20)/t15-/m0/s1. The fourth-order valence-electron chi connectivity index (χ4n) is 2.33. The number of nitrogens with zero attached hydrogens (tertiary/aromatic N) is 1. The number of nitrogens with one attached hydrogen (secondary N) is 1. The Morgan fingerprint density at radius 1 is 1.26 bits per heavy atom. The molecule has 2 aromatic carbocycles. The summed E-state index contributed by atoms with van der Waals surface area (Å²) >= 11 is 4.89. The van der Waals surface area contributed by atoms with Crippen LogP contribution < -0.4 is 5.32 Å². The van der Waals surface area contributed by atoms with E-state index in [1.165, 1.54) is 11.3 Å². The van der Waals surface area contributed by atoms with Gasteiger partial charge in [-0.3, -0.25) is 0 Å². The monoisotopic (exact) mass is 384 g/mol. The molecule has 0 saturated heterocycles. The number of fused-ring (bicyclic) bond motifs is 1. The number of esters is 1. The Hall–Kier alpha value is -2.36. The van der Waals surface area contributed by atoms with Crippen LogP contribution in [0.2, 0.25) is 0 Å². The van der Waals surface area contributed by atoms with Crippen molar-refractivity contribution in [3.05, 3.63) is 69.5 Å². The average molecular weight is 385 g/mol. The first-order valence-corrected chi connectivity index (χ1v) is 8.49. The maximum Gasteiger partial charge on any atom is 0.349 e. The number of halogens is 1. The number of rotatable bonds is 3. The maximum absolute atomic E-state index is 11.8. The van der Waals surface area contributed by atoms with Crippen LogP contribution in [-0.4, -0.2) is 11.0 Å². The van der Waals surface area contributed by atoms with Crippen LogP contribution in [0, 0.1) is 12.1 Å². The minimum Gasteiger partial charge on any atom is -0.433 e. The van der Waals surface area contributed by atoms with Crippen LogP contribution >= 0.6 is 27.3 Å². The summed E-state index contributed by atoms with van der Waals surface area (Å²) in [5.41, 5.74) is 3.09. The van der Waals surface area contributed by atoms with Crippen molar-refractivity contribution in [2.45, 2.75) is 6.23 Å². The summed E-state index contributed by atoms with van der Waals surface area (Å²) in [5.74, 6) is -0.390. The quantitative estimate of drug-likeness (QED) is 0.677. The van der Waals surface area contributed by atoms with E-state index in [0.29, 0.717) is 10.7 Å². The van der Waals surface area contributed by atoms with E-state index in [1.54, 1.807) is 12.1 Å². The van der Waals surface area contributed by atoms with Crippen LogP contribution in [0.25, 0.3) is 11.3 Å². The molecule has 3 aromatic rings. The lowest BCUT2D eigenvalue weighted by molar-refractivity contribution is 0.0437. The van der Waals surface area contributed by atoms with Crippen molar-refractivity contribution in [1.29, 1.82) is 0 Å². The van der Waals surface area contributed by atoms with Gasteiger partial charge in [0.25, 0.3) is 0 Å². The van der Waals surface area contributed by atoms with Crippen molar-refractivity contribution in [2.75, 3.05) is 5.32 Å². The molecule has 0 fully saturated rings. The van der Waals surface area contributed by atoms with Gasteiger partial charge in [0.15, 0.2) is 5.13 Å². The largest absolute Gasteiger partial charge is 0.433 e. The third-order valence-corrected chi connectivity index (χ3v) is 4.74. The van der Waals surface area contributed by atoms with Crippen molar-refractivity contribution in [3.63, 3.8) is 0 Å². The Morgan fingerprint density at radius 3 is 2.91 bits per heavy atom. The number of carbonyl (C=O) groups excluding carboxylic acids is 1. The molecule has 1 atom stereocenters. The molecule has 1 aliphatic heterocycles. The van der Waals surface area contributed by atoms with Gasteiger partial charge in [0.1, 0.15) is 5.56 Å². The van der Waals surface area contributed by atoms with E-state index < -0.39 is 6.23 Å². The van der Waals surface area contributed by atoms with E-state index in [9.17, 15) is 4.79 Å². The molecule has 0 bridgehead atoms. The first-order valence-electron chi connectivity index (χ1n) is 6.82. The number of hydrogen-bond acceptors (Lipinski definition) is 5. The van der Waals surface area contributed by atoms with Crippen molar-refractivity contribution in [1.82, 2.24) is 4.98 Å². The number of cyclic esters (lactones) is 1. The second-order valence-corrected chi connectivity index (χ2v) is 6.68. The Bertz CT molecular complexity index is 876. The molecule has 6 heteroatoms. The van der Waals surface area contributed by atoms with Gasteiger partial charge in [0.05, 0.1) is 5.69 Å². The summed E-state index contributed by atoms with van der Waals surface area (Å²) in [7, 11) is 0. The van der Waals surface area contributed by atoms with E-state index in [4.69, 9.17) is 4.74 Å². The third kappa shape index (κ3) is 2.69. The van der Waals surface area contributed by atoms with E-state index in [0.717, 1.165) is 21.3 Å². The summed E-state index contributed by atoms with van der Waals surface area (Å²) in [5, 5.41) is 5.81. The minimum atomic E-state index is -0.535. The van der Waals surface area contributed by atoms with E-state index >= 15 is 0 Å². The SMILES string of the molecule is O=C1O[C@H](Nc2nc(-c3ccc(Br)cc3)cs2)c2ccc#cc21. The smallest absolute Gasteiger partial charge is 0.349 e. The average Bonchev–Trinajstić information content (AvgIpc) is 3.15. The third-order valence-electron chi connectivity index (χ3n) is 3.44. The second-order valence-electron chi connectivity index (χ2n) is 4.91. The molecule has 112 valence electrons. The Morgan fingerprint density at radius 2 is 2.09 bits per heavy atom. The lowest BCUT2D eigenvalue weighted by Gasteiger charge is -2.11. The number of carbonyl (C=O) groups is 1. The Labute approximate surface area is 145 Å². The molecule has 23 heavy (non-hydrogen) atoms. The van der Waals surface area contributed by atoms with Crippen LogP contribution in [0.3, 0.4) is 0 Å². The minimum absolute atomic E-state index is 0.390. The van der Waals surface area contributed by atoms with Crippen LogP contribution in [0.5, 0.6) is 0 Å². The van der Waals surface area contributed by atoms with Gasteiger partial charge < -0.3 is 10.1 Å². The summed E-state index contributed by atoms with van der Waals surface area (Å²) in [6.07, 6.45) is -0.535. The van der Waals surface area contributed by atoms with Crippen molar-refractivity contribution < 1.29 is 9.53 Å². The van der Waals surface area contributed by atoms with Crippen LogP contribution in [0.4, 0.5) is 5.13 Å². The van der Waals surface area contributed by atoms with Gasteiger partial charge >= 0.3 is 5.97 Å². The molecular formula is C17H9BrN2O2S. The van der Waals surface area contributed by atoms with Crippen molar-refractivity contribution in [2.24, 2.45) is 0 Å². The molecule has 1 aromatic heterocycles. The van der Waals surface area contributed by atoms with E-state index in [-0.39, 0.29) is 5.97 Å². The van der Waals surface area contributed by atoms with Gasteiger partial charge in [0, 0.05) is 21.0 Å². The second kappa shape index (κ2) is 5.69. The topological polar surface area (TPSA) is 51.2 Å². The van der Waals surface area contributed by atoms with E-state index in [1.807, 2.05) is 29.6 Å². The zero-order valence-corrected chi connectivity index (χ0v) is 14.1. The number of ether oxygens (including phenoxy) is 1. The molecule has 4 rings (SSSR count). The molecular weight excluding hydrogens is 376 g/mol. The van der Waals surface area contributed by atoms with Gasteiger partial charge in [-0.1, -0.05) is 40.2 Å². The number of hydrogen-bond donors (Lipinski definition) is 1. The predicted octanol–water partition coefficient (Wildman–Crippen LogP) is 4.45. The van der Waals surface area contributed by atoms with Gasteiger partial charge in [0.2, 0.25) is 6.23 Å². The van der Waals surface area contributed by atoms with Gasteiger partial charge in [-0.25, -0.2) is 9.78 Å². The summed E-state index contributed by atoms with van der Waals surface area (Å²) < 4.78 is 6.35. The highest BCUT2D eigenvalue weighted by molar-refractivity contribution is 9.10. The van der Waals surface area contributed by atoms with Gasteiger partial charge in [-0.05, 0) is 24.3 Å². The normalized spacial score (nSPS) is 15.7. The van der Waals surface area contributed by atoms with Crippen molar-refractivity contribution >= 4 is 38.4 Å². The number of thiazole rings is 1. The lowest BCUT2D eigenvalue weighted by atomic mass is 10.1. The zero-order chi connectivity index (χ0) is 15.8. The molecule has 0 radical (unpaired) electrons.